The normalized spacial score (nSPS) is 17.2. The van der Waals surface area contributed by atoms with Crippen LogP contribution in [-0.4, -0.2) is 25.2 Å². The molecule has 0 radical (unpaired) electrons. The van der Waals surface area contributed by atoms with Gasteiger partial charge in [-0.1, -0.05) is 6.07 Å². The molecule has 1 saturated heterocycles. The molecule has 0 aromatic heterocycles. The Morgan fingerprint density at radius 1 is 1.20 bits per heavy atom. The first-order valence-electron chi connectivity index (χ1n) is 7.44. The van der Waals surface area contributed by atoms with Gasteiger partial charge in [-0.2, -0.15) is 0 Å². The summed E-state index contributed by atoms with van der Waals surface area (Å²) in [7, 11) is 3.94. The Balaban J connectivity index is 1.81. The number of nitrogens with zero attached hydrogens (tertiary/aromatic N) is 2. The van der Waals surface area contributed by atoms with Crippen molar-refractivity contribution in [2.45, 2.75) is 0 Å². The lowest BCUT2D eigenvalue weighted by atomic mass is 10.2. The highest BCUT2D eigenvalue weighted by molar-refractivity contribution is 9.10. The zero-order chi connectivity index (χ0) is 18.0. The standard InChI is InChI=1S/C18H15BrFN3OS/c1-23(2)15-8-3-11(9-14(15)19)10-16-17(24)22-18(25-16)21-13-6-4-12(20)5-7-13/h3-10H,1-2H3,(H,21,22,24)/b16-10-. The summed E-state index contributed by atoms with van der Waals surface area (Å²) >= 11 is 4.80. The van der Waals surface area contributed by atoms with Crippen molar-refractivity contribution >= 4 is 56.2 Å². The molecular weight excluding hydrogens is 405 g/mol. The zero-order valence-corrected chi connectivity index (χ0v) is 16.0. The van der Waals surface area contributed by atoms with Gasteiger partial charge in [0.2, 0.25) is 0 Å². The Morgan fingerprint density at radius 2 is 1.92 bits per heavy atom. The van der Waals surface area contributed by atoms with Gasteiger partial charge in [0.1, 0.15) is 5.82 Å². The van der Waals surface area contributed by atoms with Crippen LogP contribution in [0.15, 0.2) is 56.8 Å². The lowest BCUT2D eigenvalue weighted by Gasteiger charge is -2.14. The third-order valence-corrected chi connectivity index (χ3v) is 5.00. The van der Waals surface area contributed by atoms with Crippen LogP contribution in [0.5, 0.6) is 0 Å². The van der Waals surface area contributed by atoms with Crippen LogP contribution in [0.25, 0.3) is 6.08 Å². The molecule has 7 heteroatoms. The molecule has 0 aliphatic carbocycles. The maximum atomic E-state index is 12.9. The lowest BCUT2D eigenvalue weighted by molar-refractivity contribution is -0.115. The maximum Gasteiger partial charge on any atom is 0.264 e. The number of anilines is 1. The number of carbonyl (C=O) groups excluding carboxylic acids is 1. The fourth-order valence-electron chi connectivity index (χ4n) is 2.24. The smallest absolute Gasteiger partial charge is 0.264 e. The van der Waals surface area contributed by atoms with E-state index >= 15 is 0 Å². The van der Waals surface area contributed by atoms with Crippen molar-refractivity contribution in [3.05, 3.63) is 63.2 Å². The summed E-state index contributed by atoms with van der Waals surface area (Å²) in [6.07, 6.45) is 1.82. The molecule has 25 heavy (non-hydrogen) atoms. The van der Waals surface area contributed by atoms with Crippen LogP contribution < -0.4 is 10.2 Å². The molecule has 1 fully saturated rings. The summed E-state index contributed by atoms with van der Waals surface area (Å²) in [4.78, 5) is 19.0. The Kier molecular flexibility index (Phi) is 5.24. The fraction of sp³-hybridized carbons (Fsp3) is 0.111. The lowest BCUT2D eigenvalue weighted by Crippen LogP contribution is -2.19. The summed E-state index contributed by atoms with van der Waals surface area (Å²) in [6, 6.07) is 11.7. The highest BCUT2D eigenvalue weighted by Crippen LogP contribution is 2.31. The number of halogens is 2. The van der Waals surface area contributed by atoms with Crippen LogP contribution in [0.1, 0.15) is 5.56 Å². The average molecular weight is 420 g/mol. The molecule has 1 N–H and O–H groups in total. The molecule has 0 atom stereocenters. The number of benzene rings is 2. The predicted octanol–water partition coefficient (Wildman–Crippen LogP) is 4.55. The molecular formula is C18H15BrFN3OS. The number of hydrogen-bond acceptors (Lipinski definition) is 4. The number of thioether (sulfide) groups is 1. The number of nitrogens with one attached hydrogen (secondary N) is 1. The Bertz CT molecular complexity index is 878. The summed E-state index contributed by atoms with van der Waals surface area (Å²) < 4.78 is 13.9. The average Bonchev–Trinajstić information content (AvgIpc) is 2.89. The summed E-state index contributed by atoms with van der Waals surface area (Å²) in [5, 5.41) is 3.20. The van der Waals surface area contributed by atoms with Crippen molar-refractivity contribution in [1.82, 2.24) is 5.32 Å². The van der Waals surface area contributed by atoms with E-state index in [1.165, 1.54) is 23.9 Å². The summed E-state index contributed by atoms with van der Waals surface area (Å²) in [6.45, 7) is 0. The molecule has 4 nitrogen and oxygen atoms in total. The van der Waals surface area contributed by atoms with E-state index < -0.39 is 0 Å². The Morgan fingerprint density at radius 3 is 2.56 bits per heavy atom. The number of carbonyl (C=O) groups is 1. The molecule has 1 aliphatic rings. The number of rotatable bonds is 3. The first-order chi connectivity index (χ1) is 11.9. The number of aliphatic imine (C=N–C) groups is 1. The summed E-state index contributed by atoms with van der Waals surface area (Å²) in [5.74, 6) is -0.516. The molecule has 0 bridgehead atoms. The number of hydrogen-bond donors (Lipinski definition) is 1. The predicted molar refractivity (Wildman–Crippen MR) is 106 cm³/mol. The third-order valence-electron chi connectivity index (χ3n) is 3.46. The van der Waals surface area contributed by atoms with Gasteiger partial charge < -0.3 is 10.2 Å². The second-order valence-corrected chi connectivity index (χ2v) is 7.45. The first kappa shape index (κ1) is 17.7. The molecule has 2 aromatic carbocycles. The van der Waals surface area contributed by atoms with Crippen LogP contribution in [-0.2, 0) is 4.79 Å². The second-order valence-electron chi connectivity index (χ2n) is 5.56. The van der Waals surface area contributed by atoms with Gasteiger partial charge in [0.25, 0.3) is 5.91 Å². The summed E-state index contributed by atoms with van der Waals surface area (Å²) in [5.41, 5.74) is 2.56. The van der Waals surface area contributed by atoms with Gasteiger partial charge in [-0.25, -0.2) is 9.38 Å². The quantitative estimate of drug-likeness (QED) is 0.742. The monoisotopic (exact) mass is 419 g/mol. The molecule has 0 saturated carbocycles. The van der Waals surface area contributed by atoms with Crippen molar-refractivity contribution in [2.24, 2.45) is 4.99 Å². The van der Waals surface area contributed by atoms with Gasteiger partial charge in [0.15, 0.2) is 5.17 Å². The van der Waals surface area contributed by atoms with Gasteiger partial charge in [-0.05, 0) is 75.7 Å². The highest BCUT2D eigenvalue weighted by Gasteiger charge is 2.23. The fourth-order valence-corrected chi connectivity index (χ4v) is 3.83. The Hall–Kier alpha value is -2.12. The van der Waals surface area contributed by atoms with Crippen LogP contribution in [0.2, 0.25) is 0 Å². The van der Waals surface area contributed by atoms with Gasteiger partial charge >= 0.3 is 0 Å². The minimum Gasteiger partial charge on any atom is -0.377 e. The van der Waals surface area contributed by atoms with Crippen molar-refractivity contribution < 1.29 is 9.18 Å². The van der Waals surface area contributed by atoms with Gasteiger partial charge in [0.05, 0.1) is 16.3 Å². The van der Waals surface area contributed by atoms with Crippen LogP contribution in [0.4, 0.5) is 15.8 Å². The van der Waals surface area contributed by atoms with E-state index in [0.29, 0.717) is 15.8 Å². The highest BCUT2D eigenvalue weighted by atomic mass is 79.9. The third kappa shape index (κ3) is 4.29. The van der Waals surface area contributed by atoms with E-state index in [4.69, 9.17) is 0 Å². The minimum atomic E-state index is -0.320. The van der Waals surface area contributed by atoms with Crippen LogP contribution in [0, 0.1) is 5.82 Å². The molecule has 0 unspecified atom stereocenters. The first-order valence-corrected chi connectivity index (χ1v) is 9.05. The minimum absolute atomic E-state index is 0.196. The van der Waals surface area contributed by atoms with Gasteiger partial charge in [-0.15, -0.1) is 0 Å². The maximum absolute atomic E-state index is 12.9. The van der Waals surface area contributed by atoms with E-state index in [1.54, 1.807) is 12.1 Å². The van der Waals surface area contributed by atoms with Gasteiger partial charge in [-0.3, -0.25) is 4.79 Å². The van der Waals surface area contributed by atoms with E-state index in [1.807, 2.05) is 43.3 Å². The van der Waals surface area contributed by atoms with Crippen molar-refractivity contribution in [3.63, 3.8) is 0 Å². The molecule has 128 valence electrons. The number of amidine groups is 1. The molecule has 2 aromatic rings. The van der Waals surface area contributed by atoms with Crippen molar-refractivity contribution in [3.8, 4) is 0 Å². The number of amides is 1. The molecule has 1 aliphatic heterocycles. The molecule has 1 heterocycles. The molecule has 0 spiro atoms. The van der Waals surface area contributed by atoms with Crippen LogP contribution in [0.3, 0.4) is 0 Å². The SMILES string of the molecule is CN(C)c1ccc(/C=C2\SC(=Nc3ccc(F)cc3)NC2=O)cc1Br. The van der Waals surface area contributed by atoms with Crippen molar-refractivity contribution in [1.29, 1.82) is 0 Å². The molecule has 3 rings (SSSR count). The zero-order valence-electron chi connectivity index (χ0n) is 13.6. The van der Waals surface area contributed by atoms with E-state index in [9.17, 15) is 9.18 Å². The molecule has 1 amide bonds. The van der Waals surface area contributed by atoms with Gasteiger partial charge in [0, 0.05) is 18.6 Å². The van der Waals surface area contributed by atoms with E-state index in [-0.39, 0.29) is 11.7 Å². The van der Waals surface area contributed by atoms with Crippen LogP contribution >= 0.6 is 27.7 Å². The second kappa shape index (κ2) is 7.41. The Labute approximate surface area is 158 Å². The largest absolute Gasteiger partial charge is 0.377 e. The topological polar surface area (TPSA) is 44.7 Å². The van der Waals surface area contributed by atoms with E-state index in [0.717, 1.165) is 15.7 Å². The van der Waals surface area contributed by atoms with Crippen molar-refractivity contribution in [2.75, 3.05) is 19.0 Å². The van der Waals surface area contributed by atoms with E-state index in [2.05, 4.69) is 26.2 Å².